The van der Waals surface area contributed by atoms with Gasteiger partial charge in [-0.15, -0.1) is 6.58 Å². The molecule has 104 valence electrons. The van der Waals surface area contributed by atoms with Crippen molar-refractivity contribution < 1.29 is 0 Å². The van der Waals surface area contributed by atoms with E-state index in [1.54, 1.807) is 16.8 Å². The van der Waals surface area contributed by atoms with Gasteiger partial charge in [-0.25, -0.2) is 9.97 Å². The Morgan fingerprint density at radius 3 is 2.62 bits per heavy atom. The number of benzene rings is 1. The van der Waals surface area contributed by atoms with Crippen LogP contribution in [0.5, 0.6) is 0 Å². The van der Waals surface area contributed by atoms with E-state index in [9.17, 15) is 4.79 Å². The van der Waals surface area contributed by atoms with Crippen molar-refractivity contribution in [3.05, 3.63) is 70.5 Å². The summed E-state index contributed by atoms with van der Waals surface area (Å²) in [7, 11) is 0. The third kappa shape index (κ3) is 2.19. The number of rotatable bonds is 3. The fourth-order valence-electron chi connectivity index (χ4n) is 2.18. The van der Waals surface area contributed by atoms with Crippen LogP contribution in [0.25, 0.3) is 16.9 Å². The van der Waals surface area contributed by atoms with Crippen LogP contribution in [0.1, 0.15) is 0 Å². The SMILES string of the molecule is C=CCn1c(=S)n(-c2ccccc2)c(=O)c2nccnc21. The monoisotopic (exact) mass is 296 g/mol. The van der Waals surface area contributed by atoms with E-state index < -0.39 is 0 Å². The quantitative estimate of drug-likeness (QED) is 0.550. The number of fused-ring (bicyclic) bond motifs is 1. The second-order valence-corrected chi connectivity index (χ2v) is 4.75. The van der Waals surface area contributed by atoms with Crippen molar-refractivity contribution in [2.45, 2.75) is 6.54 Å². The Balaban J connectivity index is 2.49. The van der Waals surface area contributed by atoms with E-state index in [1.807, 2.05) is 30.3 Å². The van der Waals surface area contributed by atoms with Gasteiger partial charge in [-0.05, 0) is 24.4 Å². The topological polar surface area (TPSA) is 52.7 Å². The van der Waals surface area contributed by atoms with Crippen LogP contribution in [0.3, 0.4) is 0 Å². The Labute approximate surface area is 125 Å². The molecule has 5 nitrogen and oxygen atoms in total. The third-order valence-electron chi connectivity index (χ3n) is 3.09. The number of para-hydroxylation sites is 1. The first kappa shape index (κ1) is 13.4. The normalized spacial score (nSPS) is 10.7. The molecule has 0 saturated carbocycles. The zero-order chi connectivity index (χ0) is 14.8. The van der Waals surface area contributed by atoms with Gasteiger partial charge in [-0.3, -0.25) is 13.9 Å². The average Bonchev–Trinajstić information content (AvgIpc) is 2.53. The molecule has 3 aromatic rings. The minimum atomic E-state index is -0.269. The summed E-state index contributed by atoms with van der Waals surface area (Å²) in [5.41, 5.74) is 1.20. The van der Waals surface area contributed by atoms with Crippen LogP contribution < -0.4 is 5.56 Å². The molecular formula is C15H12N4OS. The molecule has 0 aliphatic rings. The minimum absolute atomic E-state index is 0.269. The van der Waals surface area contributed by atoms with Gasteiger partial charge in [-0.1, -0.05) is 24.3 Å². The molecule has 0 atom stereocenters. The molecule has 2 aromatic heterocycles. The Morgan fingerprint density at radius 1 is 1.19 bits per heavy atom. The molecule has 0 spiro atoms. The first-order chi connectivity index (χ1) is 10.2. The highest BCUT2D eigenvalue weighted by Gasteiger charge is 2.13. The largest absolute Gasteiger partial charge is 0.297 e. The lowest BCUT2D eigenvalue weighted by Gasteiger charge is -2.13. The van der Waals surface area contributed by atoms with Gasteiger partial charge in [0.05, 0.1) is 5.69 Å². The number of allylic oxidation sites excluding steroid dienone is 1. The second-order valence-electron chi connectivity index (χ2n) is 4.39. The Hall–Kier alpha value is -2.60. The van der Waals surface area contributed by atoms with Crippen molar-refractivity contribution in [2.24, 2.45) is 0 Å². The summed E-state index contributed by atoms with van der Waals surface area (Å²) in [5.74, 6) is 0. The first-order valence-corrected chi connectivity index (χ1v) is 6.77. The van der Waals surface area contributed by atoms with Crippen molar-refractivity contribution in [2.75, 3.05) is 0 Å². The zero-order valence-electron chi connectivity index (χ0n) is 11.1. The van der Waals surface area contributed by atoms with E-state index in [0.29, 0.717) is 22.7 Å². The molecular weight excluding hydrogens is 284 g/mol. The van der Waals surface area contributed by atoms with E-state index in [-0.39, 0.29) is 11.1 Å². The summed E-state index contributed by atoms with van der Waals surface area (Å²) in [6, 6.07) is 9.26. The van der Waals surface area contributed by atoms with Crippen LogP contribution in [-0.2, 0) is 6.54 Å². The molecule has 2 heterocycles. The molecule has 1 aromatic carbocycles. The molecule has 0 N–H and O–H groups in total. The van der Waals surface area contributed by atoms with Gasteiger partial charge in [0.2, 0.25) is 0 Å². The third-order valence-corrected chi connectivity index (χ3v) is 3.49. The van der Waals surface area contributed by atoms with Crippen LogP contribution in [0.2, 0.25) is 0 Å². The van der Waals surface area contributed by atoms with Crippen LogP contribution in [-0.4, -0.2) is 19.1 Å². The van der Waals surface area contributed by atoms with Gasteiger partial charge in [0.15, 0.2) is 15.9 Å². The Bertz CT molecular complexity index is 928. The standard InChI is InChI=1S/C15H12N4OS/c1-2-10-18-13-12(16-8-9-17-13)14(20)19(15(18)21)11-6-4-3-5-7-11/h2-9H,1,10H2. The van der Waals surface area contributed by atoms with E-state index >= 15 is 0 Å². The summed E-state index contributed by atoms with van der Waals surface area (Å²) in [5, 5.41) is 0. The van der Waals surface area contributed by atoms with Gasteiger partial charge in [0.25, 0.3) is 5.56 Å². The Kier molecular flexibility index (Phi) is 3.45. The number of aromatic nitrogens is 4. The van der Waals surface area contributed by atoms with Gasteiger partial charge in [0.1, 0.15) is 0 Å². The summed E-state index contributed by atoms with van der Waals surface area (Å²) in [4.78, 5) is 21.0. The van der Waals surface area contributed by atoms with Gasteiger partial charge < -0.3 is 0 Å². The fourth-order valence-corrected chi connectivity index (χ4v) is 2.53. The summed E-state index contributed by atoms with van der Waals surface area (Å²) in [6.45, 7) is 4.19. The molecule has 0 aliphatic carbocycles. The van der Waals surface area contributed by atoms with Gasteiger partial charge in [-0.2, -0.15) is 0 Å². The summed E-state index contributed by atoms with van der Waals surface area (Å²) >= 11 is 5.46. The predicted octanol–water partition coefficient (Wildman–Crippen LogP) is 2.50. The highest BCUT2D eigenvalue weighted by atomic mass is 32.1. The lowest BCUT2D eigenvalue weighted by atomic mass is 10.3. The smallest absolute Gasteiger partial charge is 0.287 e. The predicted molar refractivity (Wildman–Crippen MR) is 84.2 cm³/mol. The molecule has 0 amide bonds. The molecule has 3 rings (SSSR count). The van der Waals surface area contributed by atoms with E-state index in [4.69, 9.17) is 12.2 Å². The van der Waals surface area contributed by atoms with Crippen molar-refractivity contribution in [3.63, 3.8) is 0 Å². The van der Waals surface area contributed by atoms with Crippen LogP contribution in [0.4, 0.5) is 0 Å². The van der Waals surface area contributed by atoms with Crippen LogP contribution >= 0.6 is 12.2 Å². The molecule has 21 heavy (non-hydrogen) atoms. The van der Waals surface area contributed by atoms with Crippen LogP contribution in [0, 0.1) is 4.77 Å². The van der Waals surface area contributed by atoms with Crippen molar-refractivity contribution in [1.29, 1.82) is 0 Å². The molecule has 6 heteroatoms. The molecule has 0 aliphatic heterocycles. The number of hydrogen-bond donors (Lipinski definition) is 0. The zero-order valence-corrected chi connectivity index (χ0v) is 12.0. The fraction of sp³-hybridized carbons (Fsp3) is 0.0667. The molecule has 0 saturated heterocycles. The maximum absolute atomic E-state index is 12.7. The van der Waals surface area contributed by atoms with Crippen LogP contribution in [0.15, 0.2) is 60.2 Å². The number of hydrogen-bond acceptors (Lipinski definition) is 4. The highest BCUT2D eigenvalue weighted by molar-refractivity contribution is 7.71. The molecule has 0 unspecified atom stereocenters. The molecule has 0 bridgehead atoms. The number of nitrogens with zero attached hydrogens (tertiary/aromatic N) is 4. The van der Waals surface area contributed by atoms with Crippen molar-refractivity contribution in [1.82, 2.24) is 19.1 Å². The van der Waals surface area contributed by atoms with Crippen molar-refractivity contribution in [3.8, 4) is 5.69 Å². The lowest BCUT2D eigenvalue weighted by Crippen LogP contribution is -2.25. The van der Waals surface area contributed by atoms with Gasteiger partial charge in [0, 0.05) is 18.9 Å². The maximum Gasteiger partial charge on any atom is 0.287 e. The van der Waals surface area contributed by atoms with E-state index in [2.05, 4.69) is 16.5 Å². The highest BCUT2D eigenvalue weighted by Crippen LogP contribution is 2.11. The summed E-state index contributed by atoms with van der Waals surface area (Å²) < 4.78 is 3.59. The first-order valence-electron chi connectivity index (χ1n) is 6.37. The molecule has 0 fully saturated rings. The van der Waals surface area contributed by atoms with E-state index in [0.717, 1.165) is 0 Å². The van der Waals surface area contributed by atoms with E-state index in [1.165, 1.54) is 10.8 Å². The van der Waals surface area contributed by atoms with Crippen molar-refractivity contribution >= 4 is 23.4 Å². The minimum Gasteiger partial charge on any atom is -0.297 e. The Morgan fingerprint density at radius 2 is 1.90 bits per heavy atom. The summed E-state index contributed by atoms with van der Waals surface area (Å²) in [6.07, 6.45) is 4.76. The average molecular weight is 296 g/mol. The molecule has 0 radical (unpaired) electrons. The van der Waals surface area contributed by atoms with Gasteiger partial charge >= 0.3 is 0 Å². The second kappa shape index (κ2) is 5.41. The lowest BCUT2D eigenvalue weighted by molar-refractivity contribution is 0.746. The maximum atomic E-state index is 12.7.